The first-order valence-electron chi connectivity index (χ1n) is 18.5. The number of carbonyl (C=O) groups excluding carboxylic acids is 4. The Bertz CT molecular complexity index is 2680. The van der Waals surface area contributed by atoms with E-state index in [0.29, 0.717) is 29.8 Å². The maximum atomic E-state index is 14.1. The molecule has 334 valence electrons. The number of aliphatic hydroxyl groups is 1. The van der Waals surface area contributed by atoms with E-state index in [1.54, 1.807) is 12.1 Å². The highest BCUT2D eigenvalue weighted by Gasteiger charge is 2.52. The van der Waals surface area contributed by atoms with Gasteiger partial charge in [0.15, 0.2) is 64.3 Å². The fourth-order valence-electron chi connectivity index (χ4n) is 6.98. The summed E-state index contributed by atoms with van der Waals surface area (Å²) in [6.07, 6.45) is -10.8. The van der Waals surface area contributed by atoms with E-state index < -0.39 is 163 Å². The SMILES string of the molecule is O=C(OC1C(O)C(Oc2cc(O)c(C(=O)CCc3ccc(O)cc3)c(O)c2)OC2COC(=O)c3cc(O)c(O)c(O)c3-c3c(cc(O)c(O)c3O)C(=O)OC21)c1cc(O)c(O)c(O)c1. The minimum absolute atomic E-state index is 0.00571. The van der Waals surface area contributed by atoms with Gasteiger partial charge in [-0.3, -0.25) is 4.79 Å². The van der Waals surface area contributed by atoms with E-state index in [1.807, 2.05) is 0 Å². The van der Waals surface area contributed by atoms with Crippen molar-refractivity contribution in [2.24, 2.45) is 0 Å². The number of hydrogen-bond donors (Lipinski definition) is 13. The normalized spacial score (nSPS) is 19.4. The Morgan fingerprint density at radius 3 is 1.73 bits per heavy atom. The quantitative estimate of drug-likeness (QED) is 0.0461. The molecule has 5 aromatic carbocycles. The third kappa shape index (κ3) is 8.03. The molecule has 5 unspecified atom stereocenters. The van der Waals surface area contributed by atoms with Crippen LogP contribution >= 0.6 is 0 Å². The molecule has 22 nitrogen and oxygen atoms in total. The van der Waals surface area contributed by atoms with Gasteiger partial charge in [0, 0.05) is 29.7 Å². The number of ketones is 1. The fraction of sp³-hybridized carbons (Fsp3) is 0.190. The number of phenolic OH excluding ortho intramolecular Hbond substituents is 12. The number of carbonyl (C=O) groups is 4. The van der Waals surface area contributed by atoms with Crippen LogP contribution in [0.15, 0.2) is 60.7 Å². The van der Waals surface area contributed by atoms with Gasteiger partial charge in [0.2, 0.25) is 17.8 Å². The molecular formula is C42H34O22. The minimum atomic E-state index is -2.31. The summed E-state index contributed by atoms with van der Waals surface area (Å²) >= 11 is 0. The lowest BCUT2D eigenvalue weighted by Crippen LogP contribution is -2.62. The van der Waals surface area contributed by atoms with Crippen LogP contribution in [0, 0.1) is 0 Å². The largest absolute Gasteiger partial charge is 0.508 e. The molecule has 2 aliphatic rings. The van der Waals surface area contributed by atoms with Crippen LogP contribution in [0.3, 0.4) is 0 Å². The number of fused-ring (bicyclic) bond motifs is 4. The van der Waals surface area contributed by atoms with E-state index in [2.05, 4.69) is 0 Å². The van der Waals surface area contributed by atoms with Crippen molar-refractivity contribution in [2.75, 3.05) is 6.61 Å². The zero-order valence-electron chi connectivity index (χ0n) is 32.3. The Labute approximate surface area is 357 Å². The number of Topliss-reactive ketones (excluding diaryl/α,β-unsaturated/α-hetero) is 1. The van der Waals surface area contributed by atoms with E-state index in [1.165, 1.54) is 12.1 Å². The molecule has 0 bridgehead atoms. The van der Waals surface area contributed by atoms with Gasteiger partial charge in [-0.2, -0.15) is 0 Å². The Balaban J connectivity index is 1.28. The summed E-state index contributed by atoms with van der Waals surface area (Å²) in [7, 11) is 0. The maximum Gasteiger partial charge on any atom is 0.339 e. The molecule has 0 radical (unpaired) electrons. The van der Waals surface area contributed by atoms with Crippen LogP contribution in [-0.2, 0) is 25.4 Å². The molecule has 0 amide bonds. The standard InChI is InChI=1S/C42H34O22/c43-16-4-1-14(2-5-16)3-6-20(44)30-21(45)9-17(10-22(30)46)61-42-36(56)38(64-39(57)15-7-23(47)31(51)24(48)8-15)37-27(62-42)13-60-40(58)18-11-25(49)32(52)34(54)28(18)29-19(41(59)63-37)12-26(50)33(53)35(29)55/h1-2,4-5,7-12,27,36-38,42-43,45-56H,3,6,13H2. The Morgan fingerprint density at radius 1 is 0.641 bits per heavy atom. The van der Waals surface area contributed by atoms with Crippen molar-refractivity contribution in [2.45, 2.75) is 43.5 Å². The molecule has 1 fully saturated rings. The van der Waals surface area contributed by atoms with Gasteiger partial charge < -0.3 is 90.1 Å². The molecule has 22 heteroatoms. The van der Waals surface area contributed by atoms with Crippen molar-refractivity contribution in [3.63, 3.8) is 0 Å². The first-order chi connectivity index (χ1) is 30.2. The monoisotopic (exact) mass is 890 g/mol. The third-order valence-electron chi connectivity index (χ3n) is 10.2. The predicted molar refractivity (Wildman–Crippen MR) is 208 cm³/mol. The molecule has 2 heterocycles. The number of ether oxygens (including phenoxy) is 5. The summed E-state index contributed by atoms with van der Waals surface area (Å²) in [5.41, 5.74) is -4.32. The second-order valence-electron chi connectivity index (χ2n) is 14.3. The van der Waals surface area contributed by atoms with Crippen molar-refractivity contribution in [3.8, 4) is 85.9 Å². The number of benzene rings is 5. The van der Waals surface area contributed by atoms with Crippen LogP contribution in [0.4, 0.5) is 0 Å². The third-order valence-corrected chi connectivity index (χ3v) is 10.2. The number of hydrogen-bond acceptors (Lipinski definition) is 22. The Morgan fingerprint density at radius 2 is 1.17 bits per heavy atom. The molecule has 7 rings (SSSR count). The highest BCUT2D eigenvalue weighted by atomic mass is 16.7. The maximum absolute atomic E-state index is 14.1. The smallest absolute Gasteiger partial charge is 0.339 e. The number of aryl methyl sites for hydroxylation is 1. The summed E-state index contributed by atoms with van der Waals surface area (Å²) in [5.74, 6) is -18.1. The Hall–Kier alpha value is -8.50. The van der Waals surface area contributed by atoms with Crippen molar-refractivity contribution in [3.05, 3.63) is 88.5 Å². The molecule has 0 saturated carbocycles. The van der Waals surface area contributed by atoms with Crippen LogP contribution in [0.2, 0.25) is 0 Å². The second kappa shape index (κ2) is 16.8. The average molecular weight is 891 g/mol. The fourth-order valence-corrected chi connectivity index (χ4v) is 6.98. The van der Waals surface area contributed by atoms with Gasteiger partial charge in [-0.25, -0.2) is 14.4 Å². The van der Waals surface area contributed by atoms with E-state index in [0.717, 1.165) is 12.1 Å². The van der Waals surface area contributed by atoms with Gasteiger partial charge in [-0.15, -0.1) is 0 Å². The predicted octanol–water partition coefficient (Wildman–Crippen LogP) is 2.72. The molecule has 64 heavy (non-hydrogen) atoms. The van der Waals surface area contributed by atoms with Crippen LogP contribution in [0.5, 0.6) is 74.7 Å². The molecule has 2 aliphatic heterocycles. The molecule has 0 spiro atoms. The second-order valence-corrected chi connectivity index (χ2v) is 14.3. The van der Waals surface area contributed by atoms with E-state index in [9.17, 15) is 85.6 Å². The summed E-state index contributed by atoms with van der Waals surface area (Å²) in [6, 6.07) is 9.93. The van der Waals surface area contributed by atoms with Crippen LogP contribution in [0.1, 0.15) is 53.4 Å². The molecule has 5 atom stereocenters. The summed E-state index contributed by atoms with van der Waals surface area (Å²) in [5, 5.41) is 136. The highest BCUT2D eigenvalue weighted by Crippen LogP contribution is 2.53. The topological polar surface area (TPSA) is 377 Å². The van der Waals surface area contributed by atoms with Crippen molar-refractivity contribution < 1.29 is 109 Å². The van der Waals surface area contributed by atoms with Gasteiger partial charge in [-0.1, -0.05) is 12.1 Å². The summed E-state index contributed by atoms with van der Waals surface area (Å²) in [6.45, 7) is -1.07. The average Bonchev–Trinajstić information content (AvgIpc) is 3.25. The lowest BCUT2D eigenvalue weighted by Gasteiger charge is -2.43. The minimum Gasteiger partial charge on any atom is -0.508 e. The summed E-state index contributed by atoms with van der Waals surface area (Å²) in [4.78, 5) is 54.5. The highest BCUT2D eigenvalue weighted by molar-refractivity contribution is 6.08. The van der Waals surface area contributed by atoms with Crippen molar-refractivity contribution in [1.29, 1.82) is 0 Å². The van der Waals surface area contributed by atoms with Gasteiger partial charge in [0.25, 0.3) is 0 Å². The van der Waals surface area contributed by atoms with Crippen LogP contribution in [-0.4, -0.2) is 127 Å². The summed E-state index contributed by atoms with van der Waals surface area (Å²) < 4.78 is 28.1. The van der Waals surface area contributed by atoms with E-state index >= 15 is 0 Å². The number of esters is 3. The van der Waals surface area contributed by atoms with Crippen LogP contribution in [0.25, 0.3) is 11.1 Å². The van der Waals surface area contributed by atoms with E-state index in [4.69, 9.17) is 23.7 Å². The number of aliphatic hydroxyl groups excluding tert-OH is 1. The van der Waals surface area contributed by atoms with Crippen molar-refractivity contribution >= 4 is 23.7 Å². The zero-order chi connectivity index (χ0) is 46.5. The number of rotatable bonds is 8. The number of cyclic esters (lactones) is 1. The van der Waals surface area contributed by atoms with Gasteiger partial charge in [0.05, 0.1) is 16.7 Å². The molecule has 5 aromatic rings. The van der Waals surface area contributed by atoms with E-state index in [-0.39, 0.29) is 18.6 Å². The Kier molecular flexibility index (Phi) is 11.4. The molecule has 0 aromatic heterocycles. The first kappa shape index (κ1) is 43.6. The van der Waals surface area contributed by atoms with Crippen LogP contribution < -0.4 is 4.74 Å². The molecule has 1 saturated heterocycles. The molecule has 13 N–H and O–H groups in total. The molecule has 0 aliphatic carbocycles. The zero-order valence-corrected chi connectivity index (χ0v) is 32.3. The van der Waals surface area contributed by atoms with Gasteiger partial charge >= 0.3 is 17.9 Å². The number of aromatic hydroxyl groups is 12. The lowest BCUT2D eigenvalue weighted by atomic mass is 9.92. The number of phenols is 12. The lowest BCUT2D eigenvalue weighted by molar-refractivity contribution is -0.276. The molecular weight excluding hydrogens is 856 g/mol. The first-order valence-corrected chi connectivity index (χ1v) is 18.5. The van der Waals surface area contributed by atoms with Gasteiger partial charge in [0.1, 0.15) is 41.3 Å². The van der Waals surface area contributed by atoms with Gasteiger partial charge in [-0.05, 0) is 48.4 Å². The van der Waals surface area contributed by atoms with Crippen molar-refractivity contribution in [1.82, 2.24) is 0 Å².